The fourth-order valence-corrected chi connectivity index (χ4v) is 1.44. The maximum absolute atomic E-state index is 11.1. The van der Waals surface area contributed by atoms with E-state index in [-0.39, 0.29) is 6.01 Å². The van der Waals surface area contributed by atoms with E-state index in [2.05, 4.69) is 19.9 Å². The minimum Gasteiger partial charge on any atom is -0.467 e. The van der Waals surface area contributed by atoms with E-state index in [1.807, 2.05) is 0 Å². The normalized spacial score (nSPS) is 10.1. The first-order valence-corrected chi connectivity index (χ1v) is 4.65. The zero-order valence-electron chi connectivity index (χ0n) is 7.22. The van der Waals surface area contributed by atoms with Crippen LogP contribution in [0.4, 0.5) is 0 Å². The van der Waals surface area contributed by atoms with Gasteiger partial charge in [0.25, 0.3) is 0 Å². The first-order chi connectivity index (χ1) is 6.79. The Labute approximate surface area is 82.6 Å². The molecule has 72 valence electrons. The maximum Gasteiger partial charge on any atom is 0.351 e. The van der Waals surface area contributed by atoms with E-state index < -0.39 is 5.69 Å². The van der Waals surface area contributed by atoms with Crippen molar-refractivity contribution >= 4 is 11.3 Å². The monoisotopic (exact) mass is 210 g/mol. The predicted octanol–water partition coefficient (Wildman–Crippen LogP) is 0.297. The van der Waals surface area contributed by atoms with Gasteiger partial charge in [0.15, 0.2) is 5.82 Å². The summed E-state index contributed by atoms with van der Waals surface area (Å²) in [6, 6.07) is 0.0387. The molecule has 6 nitrogen and oxygen atoms in total. The van der Waals surface area contributed by atoms with Crippen LogP contribution in [0.2, 0.25) is 0 Å². The molecule has 0 radical (unpaired) electrons. The quantitative estimate of drug-likeness (QED) is 0.770. The first kappa shape index (κ1) is 8.82. The Balaban J connectivity index is 2.54. The Morgan fingerprint density at radius 3 is 3.00 bits per heavy atom. The Kier molecular flexibility index (Phi) is 2.23. The number of methoxy groups -OCH3 is 1. The molecule has 1 N–H and O–H groups in total. The van der Waals surface area contributed by atoms with E-state index in [9.17, 15) is 4.79 Å². The van der Waals surface area contributed by atoms with Crippen LogP contribution in [0.25, 0.3) is 11.5 Å². The number of hydrogen-bond donors (Lipinski definition) is 1. The molecule has 0 saturated heterocycles. The van der Waals surface area contributed by atoms with Gasteiger partial charge in [-0.1, -0.05) is 0 Å². The SMILES string of the molecule is COc1nc(-c2cscn2)[nH]c(=O)n1. The summed E-state index contributed by atoms with van der Waals surface area (Å²) in [7, 11) is 1.40. The van der Waals surface area contributed by atoms with Crippen LogP contribution < -0.4 is 10.4 Å². The number of aromatic nitrogens is 4. The minimum atomic E-state index is -0.500. The number of aromatic amines is 1. The van der Waals surface area contributed by atoms with Crippen LogP contribution >= 0.6 is 11.3 Å². The zero-order chi connectivity index (χ0) is 9.97. The predicted molar refractivity (Wildman–Crippen MR) is 50.3 cm³/mol. The van der Waals surface area contributed by atoms with Gasteiger partial charge < -0.3 is 4.74 Å². The lowest BCUT2D eigenvalue weighted by Gasteiger charge is -1.98. The van der Waals surface area contributed by atoms with Crippen LogP contribution in [0.3, 0.4) is 0 Å². The molecule has 0 amide bonds. The standard InChI is InChI=1S/C7H6N4O2S/c1-13-7-10-5(9-6(12)11-7)4-2-14-3-8-4/h2-3H,1H3,(H,9,10,11,12). The van der Waals surface area contributed by atoms with Crippen molar-refractivity contribution in [3.8, 4) is 17.5 Å². The van der Waals surface area contributed by atoms with Crippen LogP contribution in [0, 0.1) is 0 Å². The van der Waals surface area contributed by atoms with Crippen LogP contribution in [0.1, 0.15) is 0 Å². The molecular weight excluding hydrogens is 204 g/mol. The largest absolute Gasteiger partial charge is 0.467 e. The van der Waals surface area contributed by atoms with Crippen molar-refractivity contribution in [1.29, 1.82) is 0 Å². The second-order valence-electron chi connectivity index (χ2n) is 2.36. The van der Waals surface area contributed by atoms with E-state index in [4.69, 9.17) is 4.74 Å². The summed E-state index contributed by atoms with van der Waals surface area (Å²) in [4.78, 5) is 25.0. The molecule has 2 rings (SSSR count). The number of ether oxygens (including phenoxy) is 1. The van der Waals surface area contributed by atoms with Crippen molar-refractivity contribution in [3.05, 3.63) is 21.4 Å². The molecule has 14 heavy (non-hydrogen) atoms. The highest BCUT2D eigenvalue weighted by Crippen LogP contribution is 2.13. The van der Waals surface area contributed by atoms with E-state index >= 15 is 0 Å². The van der Waals surface area contributed by atoms with E-state index in [1.54, 1.807) is 10.9 Å². The van der Waals surface area contributed by atoms with Gasteiger partial charge in [-0.15, -0.1) is 16.3 Å². The molecule has 0 aliphatic carbocycles. The van der Waals surface area contributed by atoms with Crippen LogP contribution in [-0.4, -0.2) is 27.0 Å². The molecule has 2 aromatic rings. The third-order valence-electron chi connectivity index (χ3n) is 1.49. The highest BCUT2D eigenvalue weighted by molar-refractivity contribution is 7.07. The summed E-state index contributed by atoms with van der Waals surface area (Å²) < 4.78 is 4.77. The molecular formula is C7H6N4O2S. The maximum atomic E-state index is 11.1. The van der Waals surface area contributed by atoms with Gasteiger partial charge in [0.1, 0.15) is 5.69 Å². The molecule has 0 fully saturated rings. The van der Waals surface area contributed by atoms with Crippen molar-refractivity contribution in [2.75, 3.05) is 7.11 Å². The number of nitrogens with zero attached hydrogens (tertiary/aromatic N) is 3. The molecule has 2 aromatic heterocycles. The topological polar surface area (TPSA) is 80.8 Å². The summed E-state index contributed by atoms with van der Waals surface area (Å²) in [6.07, 6.45) is 0. The lowest BCUT2D eigenvalue weighted by Crippen LogP contribution is -2.14. The van der Waals surface area contributed by atoms with Gasteiger partial charge in [0.05, 0.1) is 12.6 Å². The summed E-state index contributed by atoms with van der Waals surface area (Å²) >= 11 is 1.42. The van der Waals surface area contributed by atoms with Crippen molar-refractivity contribution in [2.24, 2.45) is 0 Å². The fraction of sp³-hybridized carbons (Fsp3) is 0.143. The summed E-state index contributed by atoms with van der Waals surface area (Å²) in [5, 5.41) is 1.78. The van der Waals surface area contributed by atoms with Gasteiger partial charge in [-0.25, -0.2) is 9.78 Å². The molecule has 0 spiro atoms. The molecule has 0 aliphatic heterocycles. The summed E-state index contributed by atoms with van der Waals surface area (Å²) in [5.41, 5.74) is 1.76. The van der Waals surface area contributed by atoms with E-state index in [0.29, 0.717) is 11.5 Å². The zero-order valence-corrected chi connectivity index (χ0v) is 8.04. The van der Waals surface area contributed by atoms with Gasteiger partial charge in [0, 0.05) is 5.38 Å². The van der Waals surface area contributed by atoms with Gasteiger partial charge >= 0.3 is 11.7 Å². The van der Waals surface area contributed by atoms with Crippen molar-refractivity contribution < 1.29 is 4.74 Å². The molecule has 0 atom stereocenters. The van der Waals surface area contributed by atoms with Crippen LogP contribution in [-0.2, 0) is 0 Å². The smallest absolute Gasteiger partial charge is 0.351 e. The number of H-pyrrole nitrogens is 1. The van der Waals surface area contributed by atoms with Gasteiger partial charge in [0.2, 0.25) is 0 Å². The first-order valence-electron chi connectivity index (χ1n) is 3.70. The molecule has 2 heterocycles. The number of rotatable bonds is 2. The highest BCUT2D eigenvalue weighted by atomic mass is 32.1. The van der Waals surface area contributed by atoms with Gasteiger partial charge in [-0.2, -0.15) is 4.98 Å². The molecule has 0 bridgehead atoms. The van der Waals surface area contributed by atoms with Crippen LogP contribution in [0.5, 0.6) is 6.01 Å². The highest BCUT2D eigenvalue weighted by Gasteiger charge is 2.06. The second-order valence-corrected chi connectivity index (χ2v) is 3.08. The average Bonchev–Trinajstić information content (AvgIpc) is 2.69. The summed E-state index contributed by atoms with van der Waals surface area (Å²) in [5.74, 6) is 0.364. The van der Waals surface area contributed by atoms with Crippen LogP contribution in [0.15, 0.2) is 15.7 Å². The van der Waals surface area contributed by atoms with Crippen molar-refractivity contribution in [3.63, 3.8) is 0 Å². The Bertz CT molecular complexity index is 479. The molecule has 0 aromatic carbocycles. The Morgan fingerprint density at radius 2 is 2.36 bits per heavy atom. The van der Waals surface area contributed by atoms with Gasteiger partial charge in [-0.05, 0) is 0 Å². The number of nitrogens with one attached hydrogen (secondary N) is 1. The lowest BCUT2D eigenvalue weighted by atomic mass is 10.5. The summed E-state index contributed by atoms with van der Waals surface area (Å²) in [6.45, 7) is 0. The van der Waals surface area contributed by atoms with Crippen molar-refractivity contribution in [2.45, 2.75) is 0 Å². The molecule has 0 aliphatic rings. The van der Waals surface area contributed by atoms with E-state index in [0.717, 1.165) is 0 Å². The second kappa shape index (κ2) is 3.54. The fourth-order valence-electron chi connectivity index (χ4n) is 0.907. The Hall–Kier alpha value is -1.76. The van der Waals surface area contributed by atoms with Gasteiger partial charge in [-0.3, -0.25) is 4.98 Å². The lowest BCUT2D eigenvalue weighted by molar-refractivity contribution is 0.377. The Morgan fingerprint density at radius 1 is 1.50 bits per heavy atom. The van der Waals surface area contributed by atoms with E-state index in [1.165, 1.54) is 18.4 Å². The average molecular weight is 210 g/mol. The molecule has 0 unspecified atom stereocenters. The third kappa shape index (κ3) is 1.62. The van der Waals surface area contributed by atoms with Crippen molar-refractivity contribution in [1.82, 2.24) is 19.9 Å². The molecule has 7 heteroatoms. The minimum absolute atomic E-state index is 0.0387. The number of hydrogen-bond acceptors (Lipinski definition) is 6. The molecule has 0 saturated carbocycles. The third-order valence-corrected chi connectivity index (χ3v) is 2.07. The number of thiazole rings is 1.